The number of nitrogens with one attached hydrogen (secondary N) is 3. The molecule has 0 radical (unpaired) electrons. The molecule has 0 aliphatic carbocycles. The van der Waals surface area contributed by atoms with Crippen molar-refractivity contribution in [3.63, 3.8) is 0 Å². The second-order valence-electron chi connectivity index (χ2n) is 7.91. The Morgan fingerprint density at radius 3 is 2.42 bits per heavy atom. The summed E-state index contributed by atoms with van der Waals surface area (Å²) < 4.78 is 11.9. The summed E-state index contributed by atoms with van der Waals surface area (Å²) in [6.07, 6.45) is 3.07. The highest BCUT2D eigenvalue weighted by Crippen LogP contribution is 2.29. The zero-order chi connectivity index (χ0) is 27.7. The van der Waals surface area contributed by atoms with Gasteiger partial charge in [0.15, 0.2) is 5.82 Å². The van der Waals surface area contributed by atoms with Crippen molar-refractivity contribution >= 4 is 17.5 Å². The van der Waals surface area contributed by atoms with Gasteiger partial charge < -0.3 is 25.6 Å². The van der Waals surface area contributed by atoms with Crippen LogP contribution in [-0.4, -0.2) is 55.9 Å². The number of carboxylic acids is 1. The third-order valence-corrected chi connectivity index (χ3v) is 5.03. The van der Waals surface area contributed by atoms with Crippen molar-refractivity contribution in [2.45, 2.75) is 19.6 Å². The number of hydrogen-bond donors (Lipinski definition) is 5. The average Bonchev–Trinajstić information content (AvgIpc) is 3.28. The molecule has 1 atom stereocenters. The fourth-order valence-electron chi connectivity index (χ4n) is 3.45. The Balaban J connectivity index is 0.000000934. The van der Waals surface area contributed by atoms with E-state index in [4.69, 9.17) is 30.5 Å². The van der Waals surface area contributed by atoms with Crippen LogP contribution in [0.15, 0.2) is 65.7 Å². The number of methoxy groups -OCH3 is 2. The van der Waals surface area contributed by atoms with Crippen LogP contribution in [0.4, 0.5) is 5.69 Å². The van der Waals surface area contributed by atoms with Crippen molar-refractivity contribution in [2.24, 2.45) is 5.73 Å². The number of nitrogens with two attached hydrogens (primary N) is 1. The van der Waals surface area contributed by atoms with Crippen LogP contribution in [-0.2, 0) is 16.1 Å². The van der Waals surface area contributed by atoms with Crippen molar-refractivity contribution in [1.29, 1.82) is 5.41 Å². The molecule has 0 aliphatic heterocycles. The third-order valence-electron chi connectivity index (χ3n) is 5.03. The van der Waals surface area contributed by atoms with Gasteiger partial charge in [0.2, 0.25) is 0 Å². The van der Waals surface area contributed by atoms with Gasteiger partial charge in [0.1, 0.15) is 17.6 Å². The highest BCUT2D eigenvalue weighted by Gasteiger charge is 2.22. The quantitative estimate of drug-likeness (QED) is 0.161. The Hall–Kier alpha value is -5.04. The fraction of sp³-hybridized carbons (Fsp3) is 0.200. The summed E-state index contributed by atoms with van der Waals surface area (Å²) in [5.74, 6) is 0.289. The zero-order valence-electron chi connectivity index (χ0n) is 21.0. The lowest BCUT2D eigenvalue weighted by Crippen LogP contribution is -2.18. The molecular formula is C25H28N8O5. The SMILES string of the molecule is CC(=O)O.COCc1cc(OC)cc(C(Nc2ccc(C(=N)N)cc2)c2nn(-c3ncccn3)c(=O)[nH]2)c1. The van der Waals surface area contributed by atoms with E-state index in [1.165, 1.54) is 12.4 Å². The minimum Gasteiger partial charge on any atom is -0.497 e. The van der Waals surface area contributed by atoms with Gasteiger partial charge in [-0.2, -0.15) is 0 Å². The monoisotopic (exact) mass is 520 g/mol. The molecule has 13 nitrogen and oxygen atoms in total. The first-order chi connectivity index (χ1) is 18.2. The minimum absolute atomic E-state index is 0.0222. The van der Waals surface area contributed by atoms with E-state index < -0.39 is 17.7 Å². The first kappa shape index (κ1) is 27.5. The number of benzene rings is 2. The minimum atomic E-state index is -0.833. The van der Waals surface area contributed by atoms with E-state index in [-0.39, 0.29) is 11.8 Å². The summed E-state index contributed by atoms with van der Waals surface area (Å²) in [6.45, 7) is 1.47. The second kappa shape index (κ2) is 12.8. The van der Waals surface area contributed by atoms with Crippen molar-refractivity contribution in [3.8, 4) is 11.7 Å². The smallest absolute Gasteiger partial charge is 0.350 e. The number of aromatic amines is 1. The summed E-state index contributed by atoms with van der Waals surface area (Å²) in [7, 11) is 3.20. The summed E-state index contributed by atoms with van der Waals surface area (Å²) in [5, 5.41) is 22.9. The maximum absolute atomic E-state index is 12.7. The van der Waals surface area contributed by atoms with Crippen LogP contribution in [0.2, 0.25) is 0 Å². The molecule has 2 heterocycles. The number of aliphatic carboxylic acids is 1. The Morgan fingerprint density at radius 2 is 1.84 bits per heavy atom. The number of rotatable bonds is 9. The number of carbonyl (C=O) groups is 1. The maximum atomic E-state index is 12.7. The van der Waals surface area contributed by atoms with Crippen molar-refractivity contribution < 1.29 is 19.4 Å². The van der Waals surface area contributed by atoms with Gasteiger partial charge >= 0.3 is 5.69 Å². The Bertz CT molecular complexity index is 1430. The molecule has 0 spiro atoms. The second-order valence-corrected chi connectivity index (χ2v) is 7.91. The summed E-state index contributed by atoms with van der Waals surface area (Å²) in [6, 6.07) is 13.9. The van der Waals surface area contributed by atoms with Gasteiger partial charge in [-0.3, -0.25) is 15.2 Å². The maximum Gasteiger partial charge on any atom is 0.350 e. The average molecular weight is 521 g/mol. The fourth-order valence-corrected chi connectivity index (χ4v) is 3.45. The van der Waals surface area contributed by atoms with Gasteiger partial charge in [-0.05, 0) is 53.6 Å². The van der Waals surface area contributed by atoms with Crippen LogP contribution in [0.3, 0.4) is 0 Å². The molecule has 4 rings (SSSR count). The highest BCUT2D eigenvalue weighted by molar-refractivity contribution is 5.95. The van der Waals surface area contributed by atoms with E-state index in [1.807, 2.05) is 18.2 Å². The molecule has 0 aliphatic rings. The number of amidine groups is 1. The molecule has 13 heteroatoms. The number of ether oxygens (including phenoxy) is 2. The first-order valence-electron chi connectivity index (χ1n) is 11.3. The summed E-state index contributed by atoms with van der Waals surface area (Å²) >= 11 is 0. The molecule has 2 aromatic carbocycles. The molecule has 2 aromatic heterocycles. The lowest BCUT2D eigenvalue weighted by atomic mass is 10.0. The molecule has 4 aromatic rings. The number of nitrogens with zero attached hydrogens (tertiary/aromatic N) is 4. The largest absolute Gasteiger partial charge is 0.497 e. The van der Waals surface area contributed by atoms with E-state index in [0.29, 0.717) is 23.7 Å². The van der Waals surface area contributed by atoms with Crippen LogP contribution in [0, 0.1) is 5.41 Å². The van der Waals surface area contributed by atoms with E-state index in [0.717, 1.165) is 28.4 Å². The lowest BCUT2D eigenvalue weighted by Gasteiger charge is -2.20. The van der Waals surface area contributed by atoms with Gasteiger partial charge in [0.25, 0.3) is 11.9 Å². The van der Waals surface area contributed by atoms with Crippen LogP contribution in [0.25, 0.3) is 5.95 Å². The first-order valence-corrected chi connectivity index (χ1v) is 11.3. The number of aromatic nitrogens is 5. The Kier molecular flexibility index (Phi) is 9.26. The topological polar surface area (TPSA) is 194 Å². The Labute approximate surface area is 217 Å². The van der Waals surface area contributed by atoms with Crippen LogP contribution >= 0.6 is 0 Å². The van der Waals surface area contributed by atoms with Crippen molar-refractivity contribution in [1.82, 2.24) is 24.7 Å². The molecule has 0 saturated carbocycles. The molecule has 38 heavy (non-hydrogen) atoms. The molecule has 0 amide bonds. The molecule has 1 unspecified atom stereocenters. The normalized spacial score (nSPS) is 11.1. The van der Waals surface area contributed by atoms with Crippen LogP contribution < -0.4 is 21.5 Å². The number of carboxylic acid groups (broad SMARTS) is 1. The van der Waals surface area contributed by atoms with Crippen molar-refractivity contribution in [2.75, 3.05) is 19.5 Å². The standard InChI is InChI=1S/C23H24N8O3.C2H4O2/c1-33-13-14-10-16(12-18(11-14)34-2)19(28-17-6-4-15(5-7-17)20(24)25)21-29-23(32)31(30-21)22-26-8-3-9-27-22;1-2(3)4/h3-12,19,28H,13H2,1-2H3,(H3,24,25)(H,29,30,32);1H3,(H,3,4). The molecule has 6 N–H and O–H groups in total. The number of H-pyrrole nitrogens is 1. The number of anilines is 1. The predicted octanol–water partition coefficient (Wildman–Crippen LogP) is 2.08. The van der Waals surface area contributed by atoms with Crippen LogP contribution in [0.1, 0.15) is 35.5 Å². The van der Waals surface area contributed by atoms with Gasteiger partial charge in [-0.25, -0.2) is 14.8 Å². The van der Waals surface area contributed by atoms with Gasteiger partial charge in [-0.1, -0.05) is 6.07 Å². The molecule has 0 saturated heterocycles. The van der Waals surface area contributed by atoms with Crippen LogP contribution in [0.5, 0.6) is 5.75 Å². The van der Waals surface area contributed by atoms with E-state index in [9.17, 15) is 4.79 Å². The molecular weight excluding hydrogens is 492 g/mol. The summed E-state index contributed by atoms with van der Waals surface area (Å²) in [4.78, 5) is 32.7. The predicted molar refractivity (Wildman–Crippen MR) is 140 cm³/mol. The van der Waals surface area contributed by atoms with E-state index in [1.54, 1.807) is 44.6 Å². The molecule has 198 valence electrons. The van der Waals surface area contributed by atoms with Crippen molar-refractivity contribution in [3.05, 3.63) is 93.9 Å². The highest BCUT2D eigenvalue weighted by atomic mass is 16.5. The zero-order valence-corrected chi connectivity index (χ0v) is 21.0. The lowest BCUT2D eigenvalue weighted by molar-refractivity contribution is -0.134. The summed E-state index contributed by atoms with van der Waals surface area (Å²) in [5.41, 5.74) is 8.12. The van der Waals surface area contributed by atoms with Gasteiger partial charge in [-0.15, -0.1) is 9.78 Å². The number of nitrogen functional groups attached to an aromatic ring is 1. The third kappa shape index (κ3) is 7.24. The Morgan fingerprint density at radius 1 is 1.18 bits per heavy atom. The van der Waals surface area contributed by atoms with E-state index >= 15 is 0 Å². The van der Waals surface area contributed by atoms with Gasteiger partial charge in [0, 0.05) is 37.7 Å². The van der Waals surface area contributed by atoms with E-state index in [2.05, 4.69) is 25.4 Å². The molecule has 0 bridgehead atoms. The number of hydrogen-bond acceptors (Lipinski definition) is 9. The van der Waals surface area contributed by atoms with Gasteiger partial charge in [0.05, 0.1) is 13.7 Å². The molecule has 0 fully saturated rings.